The Bertz CT molecular complexity index is 1160. The van der Waals surface area contributed by atoms with Gasteiger partial charge in [-0.2, -0.15) is 4.31 Å². The second kappa shape index (κ2) is 9.64. The molecular formula is C22H22ClF2NO5S. The summed E-state index contributed by atoms with van der Waals surface area (Å²) < 4.78 is 59.1. The summed E-state index contributed by atoms with van der Waals surface area (Å²) in [4.78, 5) is 24.8. The lowest BCUT2D eigenvalue weighted by Crippen LogP contribution is -2.39. The summed E-state index contributed by atoms with van der Waals surface area (Å²) in [6.07, 6.45) is 0.338. The first-order chi connectivity index (χ1) is 15.0. The van der Waals surface area contributed by atoms with Gasteiger partial charge in [0.05, 0.1) is 10.6 Å². The largest absolute Gasteiger partial charge is 0.451 e. The smallest absolute Gasteiger partial charge is 0.338 e. The highest BCUT2D eigenvalue weighted by molar-refractivity contribution is 7.89. The number of esters is 1. The van der Waals surface area contributed by atoms with E-state index < -0.39 is 39.5 Å². The van der Waals surface area contributed by atoms with E-state index in [9.17, 15) is 26.8 Å². The minimum atomic E-state index is -3.93. The fourth-order valence-electron chi connectivity index (χ4n) is 3.50. The van der Waals surface area contributed by atoms with Crippen molar-refractivity contribution in [2.45, 2.75) is 37.7 Å². The second-order valence-electron chi connectivity index (χ2n) is 7.80. The third-order valence-corrected chi connectivity index (χ3v) is 7.61. The van der Waals surface area contributed by atoms with Crippen LogP contribution in [-0.4, -0.2) is 43.7 Å². The van der Waals surface area contributed by atoms with Gasteiger partial charge in [-0.3, -0.25) is 4.79 Å². The van der Waals surface area contributed by atoms with Crippen molar-refractivity contribution in [2.75, 3.05) is 13.1 Å². The molecule has 0 aromatic heterocycles. The van der Waals surface area contributed by atoms with Crippen LogP contribution in [0.2, 0.25) is 5.02 Å². The number of hydrogen-bond acceptors (Lipinski definition) is 5. The van der Waals surface area contributed by atoms with E-state index in [0.29, 0.717) is 19.2 Å². The van der Waals surface area contributed by atoms with Crippen molar-refractivity contribution < 1.29 is 31.5 Å². The standard InChI is InChI=1S/C22H22ClF2NO5S/c1-13-4-3-9-26(12-13)32(29,30)20-11-16(5-7-17(20)23)22(28)31-14(2)21(27)15-6-8-18(24)19(25)10-15/h5-8,10-11,13-14H,3-4,9,12H2,1-2H3/t13-,14-/m1/s1. The van der Waals surface area contributed by atoms with Crippen molar-refractivity contribution in [3.05, 3.63) is 64.2 Å². The Morgan fingerprint density at radius 1 is 1.12 bits per heavy atom. The molecule has 1 saturated heterocycles. The number of halogens is 3. The average molecular weight is 486 g/mol. The van der Waals surface area contributed by atoms with Gasteiger partial charge in [-0.05, 0) is 62.1 Å². The van der Waals surface area contributed by atoms with Crippen LogP contribution in [-0.2, 0) is 14.8 Å². The first-order valence-electron chi connectivity index (χ1n) is 10.0. The number of sulfonamides is 1. The Kier molecular flexibility index (Phi) is 7.32. The molecule has 172 valence electrons. The molecule has 1 heterocycles. The van der Waals surface area contributed by atoms with E-state index in [-0.39, 0.29) is 27.0 Å². The molecule has 3 rings (SSSR count). The van der Waals surface area contributed by atoms with Gasteiger partial charge in [0, 0.05) is 18.7 Å². The molecule has 2 aromatic carbocycles. The van der Waals surface area contributed by atoms with Gasteiger partial charge in [0.1, 0.15) is 4.90 Å². The molecule has 1 aliphatic rings. The Morgan fingerprint density at radius 2 is 1.81 bits per heavy atom. The molecular weight excluding hydrogens is 464 g/mol. The highest BCUT2D eigenvalue weighted by atomic mass is 35.5. The summed E-state index contributed by atoms with van der Waals surface area (Å²) >= 11 is 6.13. The van der Waals surface area contributed by atoms with Crippen molar-refractivity contribution >= 4 is 33.4 Å². The summed E-state index contributed by atoms with van der Waals surface area (Å²) in [7, 11) is -3.93. The van der Waals surface area contributed by atoms with Crippen LogP contribution in [0.1, 0.15) is 47.4 Å². The van der Waals surface area contributed by atoms with Crippen LogP contribution < -0.4 is 0 Å². The summed E-state index contributed by atoms with van der Waals surface area (Å²) in [6, 6.07) is 6.28. The van der Waals surface area contributed by atoms with Crippen LogP contribution in [0.5, 0.6) is 0 Å². The Hall–Kier alpha value is -2.36. The summed E-state index contributed by atoms with van der Waals surface area (Å²) in [5.74, 6) is -3.79. The van der Waals surface area contributed by atoms with E-state index in [1.54, 1.807) is 0 Å². The predicted octanol–water partition coefficient (Wildman–Crippen LogP) is 4.47. The second-order valence-corrected chi connectivity index (χ2v) is 10.1. The van der Waals surface area contributed by atoms with E-state index >= 15 is 0 Å². The number of hydrogen-bond donors (Lipinski definition) is 0. The van der Waals surface area contributed by atoms with Crippen LogP contribution >= 0.6 is 11.6 Å². The first-order valence-corrected chi connectivity index (χ1v) is 11.8. The van der Waals surface area contributed by atoms with Crippen LogP contribution in [0.4, 0.5) is 8.78 Å². The quantitative estimate of drug-likeness (QED) is 0.445. The minimum absolute atomic E-state index is 0.0364. The van der Waals surface area contributed by atoms with Crippen LogP contribution in [0.15, 0.2) is 41.3 Å². The maximum Gasteiger partial charge on any atom is 0.338 e. The monoisotopic (exact) mass is 485 g/mol. The molecule has 2 aromatic rings. The lowest BCUT2D eigenvalue weighted by atomic mass is 10.0. The maximum atomic E-state index is 13.4. The zero-order valence-corrected chi connectivity index (χ0v) is 19.1. The third-order valence-electron chi connectivity index (χ3n) is 5.26. The SMILES string of the molecule is C[C@@H]1CCCN(S(=O)(=O)c2cc(C(=O)O[C@H](C)C(=O)c3ccc(F)c(F)c3)ccc2Cl)C1. The molecule has 0 N–H and O–H groups in total. The van der Waals surface area contributed by atoms with Crippen molar-refractivity contribution in [3.63, 3.8) is 0 Å². The third kappa shape index (κ3) is 5.16. The zero-order chi connectivity index (χ0) is 23.6. The molecule has 0 saturated carbocycles. The van der Waals surface area contributed by atoms with Gasteiger partial charge in [0.25, 0.3) is 0 Å². The molecule has 0 radical (unpaired) electrons. The topological polar surface area (TPSA) is 80.8 Å². The number of rotatable bonds is 6. The molecule has 6 nitrogen and oxygen atoms in total. The number of piperidine rings is 1. The van der Waals surface area contributed by atoms with Crippen molar-refractivity contribution in [1.82, 2.24) is 4.31 Å². The van der Waals surface area contributed by atoms with E-state index in [1.165, 1.54) is 23.4 Å². The summed E-state index contributed by atoms with van der Waals surface area (Å²) in [5.41, 5.74) is -0.272. The fourth-order valence-corrected chi connectivity index (χ4v) is 5.60. The van der Waals surface area contributed by atoms with Gasteiger partial charge in [0.15, 0.2) is 17.7 Å². The molecule has 0 spiro atoms. The molecule has 0 bridgehead atoms. The number of carbonyl (C=O) groups excluding carboxylic acids is 2. The lowest BCUT2D eigenvalue weighted by Gasteiger charge is -2.30. The van der Waals surface area contributed by atoms with Crippen molar-refractivity contribution in [1.29, 1.82) is 0 Å². The Balaban J connectivity index is 1.80. The molecule has 32 heavy (non-hydrogen) atoms. The van der Waals surface area contributed by atoms with E-state index in [1.807, 2.05) is 6.92 Å². The normalized spacial score (nSPS) is 18.2. The predicted molar refractivity (Wildman–Crippen MR) is 114 cm³/mol. The Labute approximate surface area is 190 Å². The van der Waals surface area contributed by atoms with E-state index in [4.69, 9.17) is 16.3 Å². The minimum Gasteiger partial charge on any atom is -0.451 e. The molecule has 0 aliphatic carbocycles. The highest BCUT2D eigenvalue weighted by Gasteiger charge is 2.31. The molecule has 0 amide bonds. The molecule has 2 atom stereocenters. The number of ether oxygens (including phenoxy) is 1. The fraction of sp³-hybridized carbons (Fsp3) is 0.364. The lowest BCUT2D eigenvalue weighted by molar-refractivity contribution is 0.0318. The number of carbonyl (C=O) groups is 2. The number of Topliss-reactive ketones (excluding diaryl/α,β-unsaturated/α-hetero) is 1. The first kappa shape index (κ1) is 24.3. The highest BCUT2D eigenvalue weighted by Crippen LogP contribution is 2.29. The van der Waals surface area contributed by atoms with Gasteiger partial charge in [0.2, 0.25) is 15.8 Å². The maximum absolute atomic E-state index is 13.4. The van der Waals surface area contributed by atoms with Gasteiger partial charge in [-0.15, -0.1) is 0 Å². The summed E-state index contributed by atoms with van der Waals surface area (Å²) in [5, 5.41) is -0.0364. The van der Waals surface area contributed by atoms with Crippen LogP contribution in [0.25, 0.3) is 0 Å². The summed E-state index contributed by atoms with van der Waals surface area (Å²) in [6.45, 7) is 3.96. The van der Waals surface area contributed by atoms with Crippen LogP contribution in [0.3, 0.4) is 0 Å². The molecule has 1 aliphatic heterocycles. The zero-order valence-electron chi connectivity index (χ0n) is 17.5. The van der Waals surface area contributed by atoms with Gasteiger partial charge >= 0.3 is 5.97 Å². The van der Waals surface area contributed by atoms with Gasteiger partial charge in [-0.1, -0.05) is 18.5 Å². The van der Waals surface area contributed by atoms with Gasteiger partial charge in [-0.25, -0.2) is 22.0 Å². The number of benzene rings is 2. The average Bonchev–Trinajstić information content (AvgIpc) is 2.75. The molecule has 10 heteroatoms. The van der Waals surface area contributed by atoms with Crippen molar-refractivity contribution in [2.24, 2.45) is 5.92 Å². The van der Waals surface area contributed by atoms with E-state index in [0.717, 1.165) is 31.0 Å². The molecule has 0 unspecified atom stereocenters. The van der Waals surface area contributed by atoms with Crippen LogP contribution in [0, 0.1) is 17.6 Å². The van der Waals surface area contributed by atoms with Crippen molar-refractivity contribution in [3.8, 4) is 0 Å². The molecule has 1 fully saturated rings. The Morgan fingerprint density at radius 3 is 2.47 bits per heavy atom. The number of ketones is 1. The van der Waals surface area contributed by atoms with E-state index in [2.05, 4.69) is 0 Å². The number of nitrogens with zero attached hydrogens (tertiary/aromatic N) is 1. The van der Waals surface area contributed by atoms with Gasteiger partial charge < -0.3 is 4.74 Å².